The molecule has 6 heteroatoms. The van der Waals surface area contributed by atoms with Gasteiger partial charge in [0.05, 0.1) is 12.2 Å². The van der Waals surface area contributed by atoms with Crippen molar-refractivity contribution in [3.05, 3.63) is 88.3 Å². The van der Waals surface area contributed by atoms with Crippen LogP contribution in [0.4, 0.5) is 5.69 Å². The summed E-state index contributed by atoms with van der Waals surface area (Å²) in [6.45, 7) is 5.70. The predicted molar refractivity (Wildman–Crippen MR) is 107 cm³/mol. The number of esters is 1. The first-order valence-electron chi connectivity index (χ1n) is 8.78. The molecule has 6 nitrogen and oxygen atoms in total. The van der Waals surface area contributed by atoms with Gasteiger partial charge < -0.3 is 14.5 Å². The lowest BCUT2D eigenvalue weighted by Crippen LogP contribution is -2.20. The summed E-state index contributed by atoms with van der Waals surface area (Å²) in [5.41, 5.74) is 1.27. The van der Waals surface area contributed by atoms with Crippen molar-refractivity contribution < 1.29 is 18.7 Å². The smallest absolute Gasteiger partial charge is 0.349 e. The van der Waals surface area contributed by atoms with Crippen LogP contribution in [-0.4, -0.2) is 18.5 Å². The Balaban J connectivity index is 1.85. The van der Waals surface area contributed by atoms with Crippen molar-refractivity contribution in [1.82, 2.24) is 0 Å². The Hall–Kier alpha value is -3.67. The number of nitrogens with one attached hydrogen (secondary N) is 1. The molecule has 142 valence electrons. The number of fused-ring (bicyclic) bond motifs is 1. The summed E-state index contributed by atoms with van der Waals surface area (Å²) in [6, 6.07) is 13.2. The van der Waals surface area contributed by atoms with Crippen LogP contribution in [0.25, 0.3) is 11.0 Å². The molecule has 0 radical (unpaired) electrons. The number of para-hydroxylation sites is 1. The van der Waals surface area contributed by atoms with Gasteiger partial charge in [-0.25, -0.2) is 9.59 Å². The largest absolute Gasteiger partial charge is 0.462 e. The Kier molecular flexibility index (Phi) is 5.69. The van der Waals surface area contributed by atoms with E-state index in [-0.39, 0.29) is 12.2 Å². The third-order valence-corrected chi connectivity index (χ3v) is 4.10. The van der Waals surface area contributed by atoms with E-state index in [9.17, 15) is 14.4 Å². The van der Waals surface area contributed by atoms with Crippen LogP contribution in [-0.2, 0) is 11.2 Å². The summed E-state index contributed by atoms with van der Waals surface area (Å²) in [6.07, 6.45) is 2.27. The fourth-order valence-electron chi connectivity index (χ4n) is 2.78. The summed E-state index contributed by atoms with van der Waals surface area (Å²) >= 11 is 0. The Labute approximate surface area is 161 Å². The molecule has 1 amide bonds. The summed E-state index contributed by atoms with van der Waals surface area (Å²) in [7, 11) is 0. The van der Waals surface area contributed by atoms with Gasteiger partial charge in [0, 0.05) is 11.1 Å². The van der Waals surface area contributed by atoms with E-state index in [1.165, 1.54) is 18.2 Å². The van der Waals surface area contributed by atoms with Gasteiger partial charge in [0.2, 0.25) is 0 Å². The highest BCUT2D eigenvalue weighted by Gasteiger charge is 2.15. The van der Waals surface area contributed by atoms with E-state index in [4.69, 9.17) is 9.15 Å². The maximum Gasteiger partial charge on any atom is 0.349 e. The molecule has 28 heavy (non-hydrogen) atoms. The van der Waals surface area contributed by atoms with Gasteiger partial charge in [-0.1, -0.05) is 24.3 Å². The zero-order chi connectivity index (χ0) is 20.1. The molecule has 0 aliphatic heterocycles. The molecule has 0 spiro atoms. The van der Waals surface area contributed by atoms with E-state index in [1.807, 2.05) is 12.1 Å². The molecule has 2 aromatic carbocycles. The molecular formula is C22H19NO5. The SMILES string of the molecule is C=CCc1cccc2cc(C(=O)Nc3ccc(C(=O)OCC)cc3)c(=O)oc12. The van der Waals surface area contributed by atoms with Crippen molar-refractivity contribution in [3.8, 4) is 0 Å². The lowest BCUT2D eigenvalue weighted by molar-refractivity contribution is 0.0526. The molecule has 0 bridgehead atoms. The Bertz CT molecular complexity index is 1100. The summed E-state index contributed by atoms with van der Waals surface area (Å²) in [5.74, 6) is -1.03. The van der Waals surface area contributed by atoms with Gasteiger partial charge in [-0.2, -0.15) is 0 Å². The van der Waals surface area contributed by atoms with Crippen molar-refractivity contribution >= 4 is 28.5 Å². The third-order valence-electron chi connectivity index (χ3n) is 4.10. The van der Waals surface area contributed by atoms with Crippen LogP contribution in [0.1, 0.15) is 33.2 Å². The normalized spacial score (nSPS) is 10.5. The van der Waals surface area contributed by atoms with Crippen LogP contribution >= 0.6 is 0 Å². The number of allylic oxidation sites excluding steroid dienone is 1. The van der Waals surface area contributed by atoms with Crippen molar-refractivity contribution in [3.63, 3.8) is 0 Å². The first-order valence-corrected chi connectivity index (χ1v) is 8.78. The first kappa shape index (κ1) is 19.1. The predicted octanol–water partition coefficient (Wildman–Crippen LogP) is 3.95. The molecule has 3 rings (SSSR count). The molecule has 0 fully saturated rings. The number of anilines is 1. The van der Waals surface area contributed by atoms with E-state index in [1.54, 1.807) is 31.2 Å². The van der Waals surface area contributed by atoms with Crippen LogP contribution in [0.15, 0.2) is 70.4 Å². The Morgan fingerprint density at radius 2 is 1.93 bits per heavy atom. The molecule has 1 heterocycles. The average Bonchev–Trinajstić information content (AvgIpc) is 2.69. The van der Waals surface area contributed by atoms with Crippen molar-refractivity contribution in [2.24, 2.45) is 0 Å². The highest BCUT2D eigenvalue weighted by atomic mass is 16.5. The summed E-state index contributed by atoms with van der Waals surface area (Å²) in [5, 5.41) is 3.29. The number of ether oxygens (including phenoxy) is 1. The summed E-state index contributed by atoms with van der Waals surface area (Å²) < 4.78 is 10.3. The zero-order valence-electron chi connectivity index (χ0n) is 15.4. The number of carbonyl (C=O) groups excluding carboxylic acids is 2. The molecule has 0 saturated heterocycles. The molecule has 0 atom stereocenters. The number of hydrogen-bond acceptors (Lipinski definition) is 5. The van der Waals surface area contributed by atoms with Gasteiger partial charge >= 0.3 is 11.6 Å². The maximum absolute atomic E-state index is 12.5. The highest BCUT2D eigenvalue weighted by molar-refractivity contribution is 6.05. The molecular weight excluding hydrogens is 358 g/mol. The molecule has 3 aromatic rings. The average molecular weight is 377 g/mol. The number of carbonyl (C=O) groups is 2. The topological polar surface area (TPSA) is 85.6 Å². The van der Waals surface area contributed by atoms with Crippen LogP contribution in [0.3, 0.4) is 0 Å². The van der Waals surface area contributed by atoms with E-state index in [0.717, 1.165) is 5.56 Å². The van der Waals surface area contributed by atoms with Crippen LogP contribution in [0, 0.1) is 0 Å². The van der Waals surface area contributed by atoms with Crippen LogP contribution in [0.5, 0.6) is 0 Å². The lowest BCUT2D eigenvalue weighted by atomic mass is 10.1. The minimum atomic E-state index is -0.718. The second kappa shape index (κ2) is 8.35. The van der Waals surface area contributed by atoms with Crippen molar-refractivity contribution in [2.45, 2.75) is 13.3 Å². The highest BCUT2D eigenvalue weighted by Crippen LogP contribution is 2.20. The number of benzene rings is 2. The van der Waals surface area contributed by atoms with Crippen molar-refractivity contribution in [2.75, 3.05) is 11.9 Å². The van der Waals surface area contributed by atoms with Crippen molar-refractivity contribution in [1.29, 1.82) is 0 Å². The fraction of sp³-hybridized carbons (Fsp3) is 0.136. The minimum absolute atomic E-state index is 0.0993. The zero-order valence-corrected chi connectivity index (χ0v) is 15.4. The van der Waals surface area contributed by atoms with E-state index in [0.29, 0.717) is 28.6 Å². The van der Waals surface area contributed by atoms with Gasteiger partial charge in [0.15, 0.2) is 0 Å². The number of amides is 1. The monoisotopic (exact) mass is 377 g/mol. The minimum Gasteiger partial charge on any atom is -0.462 e. The molecule has 0 saturated carbocycles. The third kappa shape index (κ3) is 4.01. The second-order valence-corrected chi connectivity index (χ2v) is 6.03. The Morgan fingerprint density at radius 1 is 1.18 bits per heavy atom. The molecule has 0 aliphatic carbocycles. The number of rotatable bonds is 6. The standard InChI is InChI=1S/C22H19NO5/c1-3-6-14-7-5-8-16-13-18(22(26)28-19(14)16)20(24)23-17-11-9-15(10-12-17)21(25)27-4-2/h3,5,7-13H,1,4,6H2,2H3,(H,23,24). The van der Waals surface area contributed by atoms with Gasteiger partial charge in [0.25, 0.3) is 5.91 Å². The Morgan fingerprint density at radius 3 is 2.61 bits per heavy atom. The molecule has 0 aliphatic rings. The van der Waals surface area contributed by atoms with E-state index in [2.05, 4.69) is 11.9 Å². The molecule has 1 aromatic heterocycles. The fourth-order valence-corrected chi connectivity index (χ4v) is 2.78. The summed E-state index contributed by atoms with van der Waals surface area (Å²) in [4.78, 5) is 36.5. The van der Waals surface area contributed by atoms with Gasteiger partial charge in [-0.05, 0) is 49.2 Å². The quantitative estimate of drug-likeness (QED) is 0.399. The molecule has 1 N–H and O–H groups in total. The van der Waals surface area contributed by atoms with Gasteiger partial charge in [0.1, 0.15) is 11.1 Å². The number of hydrogen-bond donors (Lipinski definition) is 1. The maximum atomic E-state index is 12.5. The van der Waals surface area contributed by atoms with Crippen LogP contribution in [0.2, 0.25) is 0 Å². The van der Waals surface area contributed by atoms with E-state index < -0.39 is 17.5 Å². The van der Waals surface area contributed by atoms with Gasteiger partial charge in [-0.3, -0.25) is 4.79 Å². The lowest BCUT2D eigenvalue weighted by Gasteiger charge is -2.08. The molecule has 0 unspecified atom stereocenters. The van der Waals surface area contributed by atoms with Gasteiger partial charge in [-0.15, -0.1) is 6.58 Å². The first-order chi connectivity index (χ1) is 13.5. The van der Waals surface area contributed by atoms with E-state index >= 15 is 0 Å². The second-order valence-electron chi connectivity index (χ2n) is 6.03. The van der Waals surface area contributed by atoms with Crippen LogP contribution < -0.4 is 10.9 Å².